The molecule has 1 aromatic heterocycles. The number of nitrogens with one attached hydrogen (secondary N) is 2. The molecule has 2 N–H and O–H groups in total. The van der Waals surface area contributed by atoms with Crippen LogP contribution in [-0.2, 0) is 4.74 Å². The molecule has 1 aromatic rings. The Hall–Kier alpha value is -1.84. The largest absolute Gasteiger partial charge is 0.377 e. The van der Waals surface area contributed by atoms with E-state index in [0.29, 0.717) is 17.4 Å². The maximum atomic E-state index is 12.1. The van der Waals surface area contributed by atoms with Gasteiger partial charge < -0.3 is 19.9 Å². The van der Waals surface area contributed by atoms with Gasteiger partial charge in [0.1, 0.15) is 11.8 Å². The van der Waals surface area contributed by atoms with E-state index in [9.17, 15) is 4.79 Å². The number of hydrogen-bond donors (Lipinski definition) is 2. The predicted molar refractivity (Wildman–Crippen MR) is 81.4 cm³/mol. The Morgan fingerprint density at radius 3 is 2.91 bits per heavy atom. The summed E-state index contributed by atoms with van der Waals surface area (Å²) < 4.78 is 5.68. The molecular formula is C16H22N4O2. The number of H-pyrrole nitrogens is 1. The van der Waals surface area contributed by atoms with E-state index in [1.54, 1.807) is 12.3 Å². The number of ether oxygens (including phenoxy) is 1. The van der Waals surface area contributed by atoms with Gasteiger partial charge in [0.05, 0.1) is 11.7 Å². The summed E-state index contributed by atoms with van der Waals surface area (Å²) in [5.41, 5.74) is 0.940. The van der Waals surface area contributed by atoms with Gasteiger partial charge in [-0.1, -0.05) is 0 Å². The highest BCUT2D eigenvalue weighted by atomic mass is 16.5. The van der Waals surface area contributed by atoms with Crippen molar-refractivity contribution in [2.75, 3.05) is 26.2 Å². The molecule has 1 amide bonds. The molecule has 2 aliphatic rings. The molecule has 0 unspecified atom stereocenters. The van der Waals surface area contributed by atoms with Gasteiger partial charge in [-0.05, 0) is 31.7 Å². The Morgan fingerprint density at radius 2 is 2.27 bits per heavy atom. The van der Waals surface area contributed by atoms with E-state index in [4.69, 9.17) is 10.00 Å². The van der Waals surface area contributed by atoms with E-state index in [2.05, 4.69) is 15.2 Å². The Balaban J connectivity index is 1.43. The molecule has 0 bridgehead atoms. The summed E-state index contributed by atoms with van der Waals surface area (Å²) in [7, 11) is 0. The number of piperidine rings is 1. The molecule has 22 heavy (non-hydrogen) atoms. The second kappa shape index (κ2) is 6.95. The van der Waals surface area contributed by atoms with E-state index in [1.807, 2.05) is 6.07 Å². The summed E-state index contributed by atoms with van der Waals surface area (Å²) in [4.78, 5) is 17.4. The van der Waals surface area contributed by atoms with Crippen molar-refractivity contribution in [3.63, 3.8) is 0 Å². The summed E-state index contributed by atoms with van der Waals surface area (Å²) in [6.07, 6.45) is 6.23. The van der Waals surface area contributed by atoms with Crippen molar-refractivity contribution in [1.29, 1.82) is 5.26 Å². The Bertz CT molecular complexity index is 549. The molecule has 2 saturated heterocycles. The van der Waals surface area contributed by atoms with Crippen LogP contribution in [0.4, 0.5) is 0 Å². The lowest BCUT2D eigenvalue weighted by Crippen LogP contribution is -2.46. The number of nitrogens with zero attached hydrogens (tertiary/aromatic N) is 2. The lowest BCUT2D eigenvalue weighted by molar-refractivity contribution is 0.0612. The summed E-state index contributed by atoms with van der Waals surface area (Å²) >= 11 is 0. The molecule has 0 saturated carbocycles. The smallest absolute Gasteiger partial charge is 0.267 e. The van der Waals surface area contributed by atoms with Gasteiger partial charge in [-0.3, -0.25) is 4.79 Å². The Kier molecular flexibility index (Phi) is 4.76. The van der Waals surface area contributed by atoms with E-state index in [0.717, 1.165) is 39.1 Å². The summed E-state index contributed by atoms with van der Waals surface area (Å²) in [5.74, 6) is -0.126. The number of aromatic amines is 1. The number of carbonyl (C=O) groups is 1. The third kappa shape index (κ3) is 3.67. The van der Waals surface area contributed by atoms with Crippen molar-refractivity contribution in [3.8, 4) is 6.07 Å². The predicted octanol–water partition coefficient (Wildman–Crippen LogP) is 1.26. The minimum absolute atomic E-state index is 0.126. The molecule has 6 heteroatoms. The van der Waals surface area contributed by atoms with Crippen LogP contribution in [0, 0.1) is 11.3 Å². The molecule has 6 nitrogen and oxygen atoms in total. The number of nitriles is 1. The van der Waals surface area contributed by atoms with Gasteiger partial charge in [0.25, 0.3) is 5.91 Å². The third-order valence-electron chi connectivity index (χ3n) is 4.47. The maximum absolute atomic E-state index is 12.1. The van der Waals surface area contributed by atoms with Crippen molar-refractivity contribution in [2.24, 2.45) is 0 Å². The fraction of sp³-hybridized carbons (Fsp3) is 0.625. The van der Waals surface area contributed by atoms with Crippen LogP contribution in [-0.4, -0.2) is 54.2 Å². The zero-order chi connectivity index (χ0) is 15.4. The van der Waals surface area contributed by atoms with Crippen LogP contribution >= 0.6 is 0 Å². The van der Waals surface area contributed by atoms with Gasteiger partial charge in [-0.15, -0.1) is 0 Å². The molecule has 3 heterocycles. The Labute approximate surface area is 130 Å². The van der Waals surface area contributed by atoms with E-state index in [-0.39, 0.29) is 11.9 Å². The summed E-state index contributed by atoms with van der Waals surface area (Å²) in [5, 5.41) is 11.8. The van der Waals surface area contributed by atoms with Gasteiger partial charge >= 0.3 is 0 Å². The molecule has 118 valence electrons. The van der Waals surface area contributed by atoms with Crippen molar-refractivity contribution >= 4 is 5.91 Å². The van der Waals surface area contributed by atoms with Crippen LogP contribution in [0.1, 0.15) is 41.7 Å². The highest BCUT2D eigenvalue weighted by Crippen LogP contribution is 2.17. The highest BCUT2D eigenvalue weighted by molar-refractivity contribution is 5.93. The number of aromatic nitrogens is 1. The van der Waals surface area contributed by atoms with Gasteiger partial charge in [0, 0.05) is 38.5 Å². The fourth-order valence-electron chi connectivity index (χ4n) is 3.19. The number of hydrogen-bond acceptors (Lipinski definition) is 4. The van der Waals surface area contributed by atoms with E-state index >= 15 is 0 Å². The first kappa shape index (κ1) is 15.1. The molecule has 0 aromatic carbocycles. The monoisotopic (exact) mass is 302 g/mol. The Morgan fingerprint density at radius 1 is 1.45 bits per heavy atom. The zero-order valence-corrected chi connectivity index (χ0v) is 12.7. The van der Waals surface area contributed by atoms with Crippen LogP contribution in [0.3, 0.4) is 0 Å². The van der Waals surface area contributed by atoms with Crippen molar-refractivity contribution < 1.29 is 9.53 Å². The van der Waals surface area contributed by atoms with Gasteiger partial charge in [0.2, 0.25) is 0 Å². The molecule has 1 atom stereocenters. The number of carbonyl (C=O) groups excluding carboxylic acids is 1. The second-order valence-corrected chi connectivity index (χ2v) is 6.10. The topological polar surface area (TPSA) is 81.1 Å². The summed E-state index contributed by atoms with van der Waals surface area (Å²) in [6, 6.07) is 3.81. The molecule has 2 aliphatic heterocycles. The van der Waals surface area contributed by atoms with E-state index < -0.39 is 0 Å². The van der Waals surface area contributed by atoms with Gasteiger partial charge in [-0.25, -0.2) is 0 Å². The lowest BCUT2D eigenvalue weighted by Gasteiger charge is -2.33. The van der Waals surface area contributed by atoms with Crippen LogP contribution < -0.4 is 5.32 Å². The fourth-order valence-corrected chi connectivity index (χ4v) is 3.19. The van der Waals surface area contributed by atoms with E-state index in [1.165, 1.54) is 12.8 Å². The minimum atomic E-state index is -0.126. The van der Waals surface area contributed by atoms with Crippen molar-refractivity contribution in [3.05, 3.63) is 23.5 Å². The lowest BCUT2D eigenvalue weighted by atomic mass is 10.0. The molecule has 0 aliphatic carbocycles. The molecule has 0 radical (unpaired) electrons. The molecule has 2 fully saturated rings. The summed E-state index contributed by atoms with van der Waals surface area (Å²) in [6.45, 7) is 3.92. The standard InChI is InChI=1S/C16H22N4O2/c17-9-12-8-15(18-10-12)16(21)19-13-3-5-20(6-4-13)11-14-2-1-7-22-14/h8,10,13-14,18H,1-7,11H2,(H,19,21)/t14-/m1/s1. The molecular weight excluding hydrogens is 280 g/mol. The first-order valence-corrected chi connectivity index (χ1v) is 7.98. The van der Waals surface area contributed by atoms with Crippen LogP contribution in [0.5, 0.6) is 0 Å². The molecule has 0 spiro atoms. The van der Waals surface area contributed by atoms with Gasteiger partial charge in [-0.2, -0.15) is 5.26 Å². The van der Waals surface area contributed by atoms with Gasteiger partial charge in [0.15, 0.2) is 0 Å². The number of amides is 1. The third-order valence-corrected chi connectivity index (χ3v) is 4.47. The SMILES string of the molecule is N#Cc1c[nH]c(C(=O)NC2CCN(C[C@H]3CCCO3)CC2)c1. The average molecular weight is 302 g/mol. The number of rotatable bonds is 4. The second-order valence-electron chi connectivity index (χ2n) is 6.10. The molecule has 3 rings (SSSR count). The minimum Gasteiger partial charge on any atom is -0.377 e. The van der Waals surface area contributed by atoms with Crippen LogP contribution in [0.15, 0.2) is 12.3 Å². The normalized spacial score (nSPS) is 23.3. The van der Waals surface area contributed by atoms with Crippen molar-refractivity contribution in [1.82, 2.24) is 15.2 Å². The van der Waals surface area contributed by atoms with Crippen molar-refractivity contribution in [2.45, 2.75) is 37.8 Å². The first-order chi connectivity index (χ1) is 10.7. The quantitative estimate of drug-likeness (QED) is 0.877. The average Bonchev–Trinajstić information content (AvgIpc) is 3.20. The van der Waals surface area contributed by atoms with Crippen LogP contribution in [0.2, 0.25) is 0 Å². The maximum Gasteiger partial charge on any atom is 0.267 e. The van der Waals surface area contributed by atoms with Crippen LogP contribution in [0.25, 0.3) is 0 Å². The zero-order valence-electron chi connectivity index (χ0n) is 12.7. The number of likely N-dealkylation sites (tertiary alicyclic amines) is 1. The highest BCUT2D eigenvalue weighted by Gasteiger charge is 2.25. The first-order valence-electron chi connectivity index (χ1n) is 7.98.